The van der Waals surface area contributed by atoms with Crippen LogP contribution in [0.25, 0.3) is 0 Å². The predicted molar refractivity (Wildman–Crippen MR) is 11.4 cm³/mol. The van der Waals surface area contributed by atoms with Crippen LogP contribution in [0, 0.1) is 0 Å². The molecule has 0 N–H and O–H groups in total. The van der Waals surface area contributed by atoms with Gasteiger partial charge in [0.15, 0.2) is 0 Å². The summed E-state index contributed by atoms with van der Waals surface area (Å²) < 4.78 is 8.25. The van der Waals surface area contributed by atoms with Gasteiger partial charge in [0, 0.05) is 0 Å². The molecule has 0 aliphatic carbocycles. The molecule has 0 aromatic rings. The fourth-order valence-electron chi connectivity index (χ4n) is 0. The third kappa shape index (κ3) is 77.5. The van der Waals surface area contributed by atoms with Gasteiger partial charge < -0.3 is 0 Å². The fourth-order valence-corrected chi connectivity index (χ4v) is 0. The summed E-state index contributed by atoms with van der Waals surface area (Å²) in [5.41, 5.74) is 0. The monoisotopic (exact) mass is 130 g/mol. The Kier molecular flexibility index (Phi) is 2810. The van der Waals surface area contributed by atoms with Crippen molar-refractivity contribution in [3.63, 3.8) is 0 Å². The van der Waals surface area contributed by atoms with Crippen LogP contribution < -0.4 is 0 Å². The maximum absolute atomic E-state index is 8.25. The summed E-state index contributed by atoms with van der Waals surface area (Å²) in [4.78, 5) is 0. The second kappa shape index (κ2) is 378. The molecule has 0 aliphatic heterocycles. The molecule has 4 heavy (non-hydrogen) atoms. The zero-order valence-electron chi connectivity index (χ0n) is 1.72. The molecule has 0 bridgehead atoms. The average Bonchev–Trinajstić information content (AvgIpc) is 1.00. The molecule has 4 heteroatoms. The van der Waals surface area contributed by atoms with E-state index >= 15 is 0 Å². The van der Waals surface area contributed by atoms with E-state index in [2.05, 4.69) is 0 Å². The van der Waals surface area contributed by atoms with Crippen LogP contribution in [0.2, 0.25) is 0 Å². The Bertz CT molecular complexity index is 6.00. The van der Waals surface area contributed by atoms with Crippen LogP contribution in [0.5, 0.6) is 0 Å². The normalized spacial score (nSPS) is 1.00. The molecule has 2 radical (unpaired) electrons. The molecule has 0 saturated heterocycles. The van der Waals surface area contributed by atoms with E-state index in [1.807, 2.05) is 0 Å². The molecule has 0 rings (SSSR count). The van der Waals surface area contributed by atoms with Gasteiger partial charge in [0.05, 0.1) is 0 Å². The quantitative estimate of drug-likeness (QED) is 0.414. The van der Waals surface area contributed by atoms with Gasteiger partial charge in [0.2, 0.25) is 0 Å². The van der Waals surface area contributed by atoms with Crippen molar-refractivity contribution in [1.29, 1.82) is 0 Å². The van der Waals surface area contributed by atoms with Crippen molar-refractivity contribution in [2.75, 3.05) is 0 Å². The second-order valence-electron chi connectivity index (χ2n) is 0. The van der Waals surface area contributed by atoms with Crippen LogP contribution >= 0.6 is 0 Å². The number of halogens is 2. The summed E-state index contributed by atoms with van der Waals surface area (Å²) in [6.07, 6.45) is 0. The van der Waals surface area contributed by atoms with Crippen molar-refractivity contribution in [2.24, 2.45) is 0 Å². The number of hydrogen-bond donors (Lipinski definition) is 0. The van der Waals surface area contributed by atoms with E-state index in [0.717, 1.165) is 16.5 Å². The molecule has 0 unspecified atom stereocenters. The molecule has 0 atom stereocenters. The van der Waals surface area contributed by atoms with Gasteiger partial charge >= 0.3 is 20.2 Å². The first-order chi connectivity index (χ1) is 1.00. The Morgan fingerprint density at radius 3 is 1.00 bits per heavy atom. The van der Waals surface area contributed by atoms with Gasteiger partial charge in [-0.3, -0.25) is 9.41 Å². The predicted octanol–water partition coefficient (Wildman–Crippen LogP) is -0.195. The fraction of sp³-hybridized carbons (Fsp3) is 0. The molecule has 0 heterocycles. The molecule has 0 amide bonds. The first kappa shape index (κ1) is 29.8. The van der Waals surface area contributed by atoms with Crippen LogP contribution in [0.1, 0.15) is 0 Å². The number of hydrogen-bond acceptors (Lipinski definition) is 1. The number of rotatable bonds is 0. The van der Waals surface area contributed by atoms with Crippen LogP contribution in [0.3, 0.4) is 0 Å². The van der Waals surface area contributed by atoms with Crippen molar-refractivity contribution in [3.05, 3.63) is 0 Å². The molecule has 0 aromatic heterocycles. The van der Waals surface area contributed by atoms with Crippen molar-refractivity contribution in [1.82, 2.24) is 0 Å². The van der Waals surface area contributed by atoms with Gasteiger partial charge in [0.25, 0.3) is 0 Å². The Morgan fingerprint density at radius 1 is 1.00 bits per heavy atom. The van der Waals surface area contributed by atoms with Gasteiger partial charge in [-0.15, -0.1) is 0 Å². The van der Waals surface area contributed by atoms with Gasteiger partial charge in [-0.2, -0.15) is 0 Å². The van der Waals surface area contributed by atoms with E-state index in [1.165, 1.54) is 0 Å². The minimum atomic E-state index is 0. The van der Waals surface area contributed by atoms with Gasteiger partial charge in [-0.25, -0.2) is 0 Å². The van der Waals surface area contributed by atoms with Crippen molar-refractivity contribution in [2.45, 2.75) is 0 Å². The SMILES string of the molecule is F.F.[O]=[Ge]. The first-order valence-corrected chi connectivity index (χ1v) is 1.06. The average molecular weight is 129 g/mol. The summed E-state index contributed by atoms with van der Waals surface area (Å²) in [6.45, 7) is 0. The topological polar surface area (TPSA) is 17.1 Å². The van der Waals surface area contributed by atoms with E-state index in [9.17, 15) is 0 Å². The van der Waals surface area contributed by atoms with Crippen LogP contribution in [0.15, 0.2) is 0 Å². The third-order valence-corrected chi connectivity index (χ3v) is 0. The van der Waals surface area contributed by atoms with E-state index in [-0.39, 0.29) is 9.41 Å². The van der Waals surface area contributed by atoms with Crippen LogP contribution in [-0.4, -0.2) is 16.5 Å². The molecule has 1 nitrogen and oxygen atoms in total. The van der Waals surface area contributed by atoms with E-state index in [1.54, 1.807) is 0 Å². The Labute approximate surface area is 30.6 Å². The molecule has 0 saturated carbocycles. The van der Waals surface area contributed by atoms with Gasteiger partial charge in [-0.1, -0.05) is 0 Å². The van der Waals surface area contributed by atoms with Crippen molar-refractivity contribution >= 4 is 16.5 Å². The zero-order chi connectivity index (χ0) is 2.00. The summed E-state index contributed by atoms with van der Waals surface area (Å²) in [5, 5.41) is 0. The third-order valence-electron chi connectivity index (χ3n) is 0. The van der Waals surface area contributed by atoms with E-state index in [0.29, 0.717) is 0 Å². The van der Waals surface area contributed by atoms with E-state index in [4.69, 9.17) is 3.78 Å². The Hall–Kier alpha value is 0.203. The van der Waals surface area contributed by atoms with E-state index < -0.39 is 0 Å². The molecule has 0 aliphatic rings. The van der Waals surface area contributed by atoms with Crippen molar-refractivity contribution < 1.29 is 13.2 Å². The van der Waals surface area contributed by atoms with Crippen molar-refractivity contribution in [3.8, 4) is 0 Å². The first-order valence-electron chi connectivity index (χ1n) is 0.204. The molecular formula is H2F2GeO. The molecule has 0 aromatic carbocycles. The Morgan fingerprint density at radius 2 is 1.00 bits per heavy atom. The minimum absolute atomic E-state index is 0. The van der Waals surface area contributed by atoms with Crippen LogP contribution in [0.4, 0.5) is 9.41 Å². The second-order valence-corrected chi connectivity index (χ2v) is 0. The molecular weight excluding hydrogens is 127 g/mol. The summed E-state index contributed by atoms with van der Waals surface area (Å²) in [5.74, 6) is 0. The maximum atomic E-state index is 8.25. The molecule has 0 spiro atoms. The zero-order valence-corrected chi connectivity index (χ0v) is 3.82. The van der Waals surface area contributed by atoms with Crippen LogP contribution in [-0.2, 0) is 3.78 Å². The summed E-state index contributed by atoms with van der Waals surface area (Å²) >= 11 is 0.750. The standard InChI is InChI=1S/2FH.GeO/c;;1-2/h2*1H;. The molecule has 0 fully saturated rings. The Balaban J connectivity index is -0.00000000500. The summed E-state index contributed by atoms with van der Waals surface area (Å²) in [6, 6.07) is 0. The van der Waals surface area contributed by atoms with Gasteiger partial charge in [0.1, 0.15) is 0 Å². The van der Waals surface area contributed by atoms with Gasteiger partial charge in [-0.05, 0) is 0 Å². The molecule has 26 valence electrons. The summed E-state index contributed by atoms with van der Waals surface area (Å²) in [7, 11) is 0.